The van der Waals surface area contributed by atoms with Crippen LogP contribution in [0.1, 0.15) is 40.1 Å². The molecule has 0 bridgehead atoms. The lowest BCUT2D eigenvalue weighted by molar-refractivity contribution is -0.144. The molecule has 4 aromatic rings. The first kappa shape index (κ1) is 24.8. The maximum atomic E-state index is 13.0. The van der Waals surface area contributed by atoms with Crippen molar-refractivity contribution in [1.29, 1.82) is 0 Å². The Morgan fingerprint density at radius 2 is 1.58 bits per heavy atom. The van der Waals surface area contributed by atoms with Crippen molar-refractivity contribution in [2.24, 2.45) is 5.92 Å². The van der Waals surface area contributed by atoms with Crippen LogP contribution in [0.3, 0.4) is 0 Å². The minimum atomic E-state index is -1.02. The van der Waals surface area contributed by atoms with E-state index in [1.807, 2.05) is 54.6 Å². The number of aromatic nitrogens is 2. The van der Waals surface area contributed by atoms with Crippen LogP contribution < -0.4 is 5.32 Å². The Morgan fingerprint density at radius 1 is 0.895 bits per heavy atom. The highest BCUT2D eigenvalue weighted by atomic mass is 16.4. The van der Waals surface area contributed by atoms with Crippen molar-refractivity contribution in [1.82, 2.24) is 14.9 Å². The summed E-state index contributed by atoms with van der Waals surface area (Å²) in [6.45, 7) is 3.83. The van der Waals surface area contributed by atoms with Crippen LogP contribution in [-0.2, 0) is 11.3 Å². The number of hydrogen-bond acceptors (Lipinski definition) is 5. The number of carboxylic acid groups (broad SMARTS) is 1. The monoisotopic (exact) mass is 506 g/mol. The third-order valence-electron chi connectivity index (χ3n) is 6.61. The van der Waals surface area contributed by atoms with Crippen LogP contribution in [-0.4, -0.2) is 43.8 Å². The van der Waals surface area contributed by atoms with Gasteiger partial charge in [-0.1, -0.05) is 68.4 Å². The smallest absolute Gasteiger partial charge is 0.326 e. The number of anilines is 1. The lowest BCUT2D eigenvalue weighted by Crippen LogP contribution is -2.44. The van der Waals surface area contributed by atoms with Gasteiger partial charge in [0.05, 0.1) is 18.1 Å². The fourth-order valence-corrected chi connectivity index (χ4v) is 4.66. The van der Waals surface area contributed by atoms with Crippen molar-refractivity contribution < 1.29 is 19.5 Å². The van der Waals surface area contributed by atoms with Crippen molar-refractivity contribution in [2.45, 2.75) is 26.4 Å². The van der Waals surface area contributed by atoms with Crippen LogP contribution >= 0.6 is 0 Å². The van der Waals surface area contributed by atoms with Crippen molar-refractivity contribution in [2.75, 3.05) is 5.32 Å². The predicted molar refractivity (Wildman–Crippen MR) is 143 cm³/mol. The first-order chi connectivity index (χ1) is 18.3. The lowest BCUT2D eigenvalue weighted by atomic mass is 10.0. The fraction of sp³-hybridized carbons (Fsp3) is 0.167. The van der Waals surface area contributed by atoms with Crippen molar-refractivity contribution >= 4 is 23.6 Å². The molecule has 38 heavy (non-hydrogen) atoms. The molecule has 0 saturated carbocycles. The molecule has 5 rings (SSSR count). The summed E-state index contributed by atoms with van der Waals surface area (Å²) in [6, 6.07) is 21.7. The van der Waals surface area contributed by atoms with Gasteiger partial charge in [0, 0.05) is 23.2 Å². The molecule has 0 fully saturated rings. The van der Waals surface area contributed by atoms with Crippen LogP contribution in [0.5, 0.6) is 0 Å². The zero-order valence-corrected chi connectivity index (χ0v) is 21.0. The van der Waals surface area contributed by atoms with Crippen LogP contribution in [0, 0.1) is 5.92 Å². The molecule has 0 radical (unpaired) electrons. The summed E-state index contributed by atoms with van der Waals surface area (Å²) in [7, 11) is 0. The number of nitrogens with one attached hydrogen (secondary N) is 1. The SMILES string of the molecule is CC(C)[C@@H](C(=O)O)N1Cc2ccc(-c3cnc(NC(=O)c4ccc(-c5ccccc5)cc4)cn3)cc2C1=O. The van der Waals surface area contributed by atoms with E-state index in [-0.39, 0.29) is 24.3 Å². The molecule has 8 nitrogen and oxygen atoms in total. The zero-order valence-electron chi connectivity index (χ0n) is 21.0. The Bertz CT molecular complexity index is 1500. The van der Waals surface area contributed by atoms with E-state index in [1.54, 1.807) is 32.0 Å². The molecule has 190 valence electrons. The second-order valence-corrected chi connectivity index (χ2v) is 9.52. The van der Waals surface area contributed by atoms with Gasteiger partial charge in [-0.05, 0) is 40.8 Å². The molecule has 3 aromatic carbocycles. The molecule has 2 amide bonds. The molecular formula is C30H26N4O4. The minimum Gasteiger partial charge on any atom is -0.480 e. The van der Waals surface area contributed by atoms with Gasteiger partial charge < -0.3 is 15.3 Å². The number of hydrogen-bond donors (Lipinski definition) is 2. The van der Waals surface area contributed by atoms with Crippen LogP contribution in [0.2, 0.25) is 0 Å². The number of carbonyl (C=O) groups is 3. The van der Waals surface area contributed by atoms with Gasteiger partial charge in [0.1, 0.15) is 6.04 Å². The number of fused-ring (bicyclic) bond motifs is 1. The van der Waals surface area contributed by atoms with Gasteiger partial charge in [0.2, 0.25) is 0 Å². The van der Waals surface area contributed by atoms with Gasteiger partial charge in [-0.25, -0.2) is 9.78 Å². The summed E-state index contributed by atoms with van der Waals surface area (Å²) in [5.41, 5.74) is 5.04. The maximum Gasteiger partial charge on any atom is 0.326 e. The fourth-order valence-electron chi connectivity index (χ4n) is 4.66. The summed E-state index contributed by atoms with van der Waals surface area (Å²) in [6.07, 6.45) is 2.99. The molecule has 8 heteroatoms. The van der Waals surface area contributed by atoms with E-state index in [9.17, 15) is 19.5 Å². The highest BCUT2D eigenvalue weighted by molar-refractivity contribution is 6.04. The summed E-state index contributed by atoms with van der Waals surface area (Å²) in [4.78, 5) is 47.6. The van der Waals surface area contributed by atoms with Gasteiger partial charge in [-0.15, -0.1) is 0 Å². The van der Waals surface area contributed by atoms with Gasteiger partial charge in [-0.2, -0.15) is 0 Å². The molecule has 1 aliphatic rings. The maximum absolute atomic E-state index is 13.0. The van der Waals surface area contributed by atoms with Crippen molar-refractivity contribution in [3.8, 4) is 22.4 Å². The quantitative estimate of drug-likeness (QED) is 0.359. The van der Waals surface area contributed by atoms with Gasteiger partial charge in [-0.3, -0.25) is 14.6 Å². The number of rotatable bonds is 7. The third-order valence-corrected chi connectivity index (χ3v) is 6.61. The Hall–Kier alpha value is -4.85. The van der Waals surface area contributed by atoms with Crippen LogP contribution in [0.4, 0.5) is 5.82 Å². The molecule has 0 saturated heterocycles. The second kappa shape index (κ2) is 10.3. The number of carbonyl (C=O) groups excluding carboxylic acids is 2. The molecule has 0 unspecified atom stereocenters. The van der Waals surface area contributed by atoms with E-state index in [1.165, 1.54) is 17.3 Å². The molecular weight excluding hydrogens is 480 g/mol. The largest absolute Gasteiger partial charge is 0.480 e. The number of nitrogens with zero attached hydrogens (tertiary/aromatic N) is 3. The van der Waals surface area contributed by atoms with Gasteiger partial charge >= 0.3 is 5.97 Å². The standard InChI is InChI=1S/C30H26N4O4/c1-18(2)27(30(37)38)34-17-23-13-12-22(14-24(23)29(34)36)25-15-32-26(16-31-25)33-28(35)21-10-8-20(9-11-21)19-6-4-3-5-7-19/h3-16,18,27H,17H2,1-2H3,(H,37,38)(H,32,33,35)/t27-/m0/s1. The summed E-state index contributed by atoms with van der Waals surface area (Å²) < 4.78 is 0. The highest BCUT2D eigenvalue weighted by Gasteiger charge is 2.38. The van der Waals surface area contributed by atoms with Gasteiger partial charge in [0.15, 0.2) is 5.82 Å². The van der Waals surface area contributed by atoms with E-state index in [0.717, 1.165) is 16.7 Å². The Labute approximate surface area is 220 Å². The predicted octanol–water partition coefficient (Wildman–Crippen LogP) is 5.13. The average molecular weight is 507 g/mol. The number of aliphatic carboxylic acids is 1. The zero-order chi connectivity index (χ0) is 26.8. The topological polar surface area (TPSA) is 112 Å². The normalized spacial score (nSPS) is 13.3. The molecule has 1 aromatic heterocycles. The van der Waals surface area contributed by atoms with Crippen LogP contribution in [0.25, 0.3) is 22.4 Å². The Balaban J connectivity index is 1.28. The second-order valence-electron chi connectivity index (χ2n) is 9.52. The van der Waals surface area contributed by atoms with Crippen LogP contribution in [0.15, 0.2) is 85.2 Å². The summed E-state index contributed by atoms with van der Waals surface area (Å²) in [5, 5.41) is 12.4. The highest BCUT2D eigenvalue weighted by Crippen LogP contribution is 2.30. The Kier molecular flexibility index (Phi) is 6.70. The summed E-state index contributed by atoms with van der Waals surface area (Å²) >= 11 is 0. The van der Waals surface area contributed by atoms with E-state index in [2.05, 4.69) is 15.3 Å². The molecule has 1 atom stereocenters. The summed E-state index contributed by atoms with van der Waals surface area (Å²) in [5.74, 6) is -1.54. The molecule has 2 N–H and O–H groups in total. The number of amides is 2. The van der Waals surface area contributed by atoms with E-state index >= 15 is 0 Å². The Morgan fingerprint density at radius 3 is 2.21 bits per heavy atom. The molecule has 1 aliphatic heterocycles. The first-order valence-electron chi connectivity index (χ1n) is 12.3. The number of carboxylic acids is 1. The van der Waals surface area contributed by atoms with Crippen molar-refractivity contribution in [3.63, 3.8) is 0 Å². The molecule has 0 aliphatic carbocycles. The van der Waals surface area contributed by atoms with E-state index < -0.39 is 12.0 Å². The van der Waals surface area contributed by atoms with E-state index in [4.69, 9.17) is 0 Å². The van der Waals surface area contributed by atoms with E-state index in [0.29, 0.717) is 28.2 Å². The first-order valence-corrected chi connectivity index (χ1v) is 12.3. The lowest BCUT2D eigenvalue weighted by Gasteiger charge is -2.27. The molecule has 0 spiro atoms. The minimum absolute atomic E-state index is 0.222. The molecule has 2 heterocycles. The third kappa shape index (κ3) is 4.88. The van der Waals surface area contributed by atoms with Gasteiger partial charge in [0.25, 0.3) is 11.8 Å². The average Bonchev–Trinajstić information content (AvgIpc) is 3.24. The number of benzene rings is 3. The van der Waals surface area contributed by atoms with Crippen molar-refractivity contribution in [3.05, 3.63) is 102 Å².